The highest BCUT2D eigenvalue weighted by molar-refractivity contribution is 5.94. The molecule has 1 N–H and O–H groups in total. The number of anilines is 1. The smallest absolute Gasteiger partial charge is 0.449 e. The number of benzene rings is 1. The molecule has 1 aromatic carbocycles. The number of carboxylic acid groups (broad SMARTS) is 1. The van der Waals surface area contributed by atoms with E-state index in [4.69, 9.17) is 5.11 Å². The van der Waals surface area contributed by atoms with Gasteiger partial charge in [0.2, 0.25) is 0 Å². The van der Waals surface area contributed by atoms with Crippen LogP contribution in [0.4, 0.5) is 23.7 Å². The number of aromatic nitrogens is 1. The molecular weight excluding hydrogens is 537 g/mol. The highest BCUT2D eigenvalue weighted by atomic mass is 19.4. The van der Waals surface area contributed by atoms with E-state index in [1.807, 2.05) is 39.1 Å². The molecule has 1 unspecified atom stereocenters. The van der Waals surface area contributed by atoms with E-state index >= 15 is 0 Å². The van der Waals surface area contributed by atoms with Gasteiger partial charge < -0.3 is 24.5 Å². The summed E-state index contributed by atoms with van der Waals surface area (Å²) in [7, 11) is 1.82. The number of hydrogen-bond donors (Lipinski definition) is 1. The van der Waals surface area contributed by atoms with Gasteiger partial charge in [-0.25, -0.2) is 4.79 Å². The Morgan fingerprint density at radius 1 is 1.07 bits per heavy atom. The fourth-order valence-electron chi connectivity index (χ4n) is 6.15. The van der Waals surface area contributed by atoms with Crippen LogP contribution in [-0.2, 0) is 11.2 Å². The predicted molar refractivity (Wildman–Crippen MR) is 147 cm³/mol. The van der Waals surface area contributed by atoms with Gasteiger partial charge in [-0.2, -0.15) is 13.2 Å². The number of pyridine rings is 1. The summed E-state index contributed by atoms with van der Waals surface area (Å²) >= 11 is 0. The minimum Gasteiger partial charge on any atom is -0.449 e. The molecule has 1 atom stereocenters. The summed E-state index contributed by atoms with van der Waals surface area (Å²) in [6, 6.07) is 9.49. The number of carbonyl (C=O) groups excluding carboxylic acids is 1. The minimum absolute atomic E-state index is 0.0569. The molecule has 3 heterocycles. The van der Waals surface area contributed by atoms with E-state index in [-0.39, 0.29) is 24.5 Å². The van der Waals surface area contributed by atoms with Crippen molar-refractivity contribution >= 4 is 17.7 Å². The third-order valence-corrected chi connectivity index (χ3v) is 8.16. The number of hydrogen-bond acceptors (Lipinski definition) is 6. The van der Waals surface area contributed by atoms with Crippen LogP contribution in [0.5, 0.6) is 0 Å². The summed E-state index contributed by atoms with van der Waals surface area (Å²) in [6.07, 6.45) is -1.50. The van der Waals surface area contributed by atoms with Gasteiger partial charge in [0.25, 0.3) is 5.91 Å². The Morgan fingerprint density at radius 3 is 2.39 bits per heavy atom. The molecule has 1 saturated heterocycles. The van der Waals surface area contributed by atoms with Crippen molar-refractivity contribution in [2.75, 3.05) is 31.6 Å². The molecular formula is C30H33F3N4O4. The first kappa shape index (κ1) is 28.5. The van der Waals surface area contributed by atoms with Crippen LogP contribution in [0.3, 0.4) is 0 Å². The number of ether oxygens (including phenoxy) is 1. The molecule has 1 fully saturated rings. The van der Waals surface area contributed by atoms with E-state index in [9.17, 15) is 22.8 Å². The molecule has 1 amide bonds. The fraction of sp³-hybridized carbons (Fsp3) is 0.433. The Kier molecular flexibility index (Phi) is 7.72. The van der Waals surface area contributed by atoms with Gasteiger partial charge in [-0.05, 0) is 81.0 Å². The Labute approximate surface area is 236 Å². The molecule has 1 aliphatic carbocycles. The Morgan fingerprint density at radius 2 is 1.76 bits per heavy atom. The van der Waals surface area contributed by atoms with Crippen LogP contribution >= 0.6 is 0 Å². The minimum atomic E-state index is -4.74. The lowest BCUT2D eigenvalue weighted by Gasteiger charge is -2.38. The number of aryl methyl sites for hydroxylation is 3. The summed E-state index contributed by atoms with van der Waals surface area (Å²) in [6.45, 7) is 5.56. The van der Waals surface area contributed by atoms with Crippen molar-refractivity contribution in [3.05, 3.63) is 82.0 Å². The zero-order valence-electron chi connectivity index (χ0n) is 23.2. The Hall–Kier alpha value is -4.02. The van der Waals surface area contributed by atoms with Gasteiger partial charge in [-0.3, -0.25) is 9.78 Å². The van der Waals surface area contributed by atoms with Crippen molar-refractivity contribution < 1.29 is 32.6 Å². The number of alkyl halides is 3. The molecule has 0 saturated carbocycles. The van der Waals surface area contributed by atoms with Gasteiger partial charge in [0, 0.05) is 61.6 Å². The van der Waals surface area contributed by atoms with Crippen molar-refractivity contribution in [2.45, 2.75) is 57.8 Å². The first-order valence-corrected chi connectivity index (χ1v) is 13.7. The zero-order chi connectivity index (χ0) is 29.5. The summed E-state index contributed by atoms with van der Waals surface area (Å²) in [4.78, 5) is 34.8. The van der Waals surface area contributed by atoms with Gasteiger partial charge in [0.15, 0.2) is 5.76 Å². The largest absolute Gasteiger partial charge is 0.511 e. The van der Waals surface area contributed by atoms with E-state index in [0.717, 1.165) is 66.4 Å². The molecule has 0 spiro atoms. The standard InChI is InChI=1S/C30H33F3N4O4/c1-18-14-23(15-19(2)34-18)36-11-8-22(9-12-36)35(3)28(38)21-5-4-20-6-7-26(24(20)16-21)37-13-10-25(30(31,32)33)27(17-37)41-29(39)40/h4-5,10,14-17,22,26H,6-9,11-13H2,1-3H3,(H,39,40). The van der Waals surface area contributed by atoms with E-state index in [2.05, 4.69) is 26.8 Å². The molecule has 2 aromatic rings. The molecule has 3 aliphatic rings. The molecule has 11 heteroatoms. The van der Waals surface area contributed by atoms with Gasteiger partial charge >= 0.3 is 12.3 Å². The lowest BCUT2D eigenvalue weighted by Crippen LogP contribution is -2.45. The maximum Gasteiger partial charge on any atom is 0.511 e. The number of carbonyl (C=O) groups is 2. The third kappa shape index (κ3) is 6.03. The highest BCUT2D eigenvalue weighted by Crippen LogP contribution is 2.41. The number of nitrogens with zero attached hydrogens (tertiary/aromatic N) is 4. The second kappa shape index (κ2) is 11.1. The fourth-order valence-corrected chi connectivity index (χ4v) is 6.15. The predicted octanol–water partition coefficient (Wildman–Crippen LogP) is 5.77. The van der Waals surface area contributed by atoms with Crippen LogP contribution in [0.2, 0.25) is 0 Å². The maximum atomic E-state index is 13.6. The van der Waals surface area contributed by atoms with Crippen LogP contribution in [0.15, 0.2) is 53.9 Å². The monoisotopic (exact) mass is 570 g/mol. The van der Waals surface area contributed by atoms with Gasteiger partial charge in [-0.1, -0.05) is 6.07 Å². The van der Waals surface area contributed by atoms with E-state index in [0.29, 0.717) is 18.4 Å². The van der Waals surface area contributed by atoms with Crippen LogP contribution in [0.25, 0.3) is 0 Å². The average Bonchev–Trinajstić information content (AvgIpc) is 3.34. The topological polar surface area (TPSA) is 86.2 Å². The van der Waals surface area contributed by atoms with Crippen LogP contribution in [0, 0.1) is 13.8 Å². The lowest BCUT2D eigenvalue weighted by molar-refractivity contribution is -0.0941. The van der Waals surface area contributed by atoms with Crippen molar-refractivity contribution in [1.82, 2.24) is 14.8 Å². The number of amides is 1. The Balaban J connectivity index is 1.29. The van der Waals surface area contributed by atoms with Crippen molar-refractivity contribution in [2.24, 2.45) is 0 Å². The van der Waals surface area contributed by atoms with Crippen molar-refractivity contribution in [1.29, 1.82) is 0 Å². The first-order chi connectivity index (χ1) is 19.4. The SMILES string of the molecule is Cc1cc(N2CCC(N(C)C(=O)c3ccc4c(c3)C(N3C=C(OC(=O)O)C(C(F)(F)F)=CC3)CC4)CC2)cc(C)n1. The highest BCUT2D eigenvalue weighted by Gasteiger charge is 2.41. The molecule has 0 bridgehead atoms. The molecule has 1 aromatic heterocycles. The van der Waals surface area contributed by atoms with E-state index in [1.54, 1.807) is 9.80 Å². The quantitative estimate of drug-likeness (QED) is 0.457. The van der Waals surface area contributed by atoms with Crippen molar-refractivity contribution in [3.63, 3.8) is 0 Å². The van der Waals surface area contributed by atoms with Gasteiger partial charge in [-0.15, -0.1) is 0 Å². The summed E-state index contributed by atoms with van der Waals surface area (Å²) < 4.78 is 44.8. The number of piperidine rings is 1. The summed E-state index contributed by atoms with van der Waals surface area (Å²) in [5.41, 5.74) is 4.39. The third-order valence-electron chi connectivity index (χ3n) is 8.16. The molecule has 8 nitrogen and oxygen atoms in total. The van der Waals surface area contributed by atoms with Crippen LogP contribution in [0.1, 0.15) is 58.2 Å². The van der Waals surface area contributed by atoms with E-state index < -0.39 is 23.7 Å². The summed E-state index contributed by atoms with van der Waals surface area (Å²) in [5.74, 6) is -0.851. The second-order valence-electron chi connectivity index (χ2n) is 10.9. The van der Waals surface area contributed by atoms with E-state index in [1.165, 1.54) is 0 Å². The first-order valence-electron chi connectivity index (χ1n) is 13.7. The summed E-state index contributed by atoms with van der Waals surface area (Å²) in [5, 5.41) is 8.99. The average molecular weight is 571 g/mol. The number of allylic oxidation sites excluding steroid dienone is 1. The van der Waals surface area contributed by atoms with Gasteiger partial charge in [0.1, 0.15) is 0 Å². The molecule has 5 rings (SSSR count). The van der Waals surface area contributed by atoms with Gasteiger partial charge in [0.05, 0.1) is 11.6 Å². The van der Waals surface area contributed by atoms with Crippen LogP contribution in [-0.4, -0.2) is 70.9 Å². The second-order valence-corrected chi connectivity index (χ2v) is 10.9. The number of halogens is 3. The number of rotatable bonds is 5. The normalized spacial score (nSPS) is 19.4. The molecule has 2 aliphatic heterocycles. The zero-order valence-corrected chi connectivity index (χ0v) is 23.2. The Bertz CT molecular complexity index is 1390. The molecule has 41 heavy (non-hydrogen) atoms. The van der Waals surface area contributed by atoms with Crippen molar-refractivity contribution in [3.8, 4) is 0 Å². The lowest BCUT2D eigenvalue weighted by atomic mass is 9.99. The molecule has 218 valence electrons. The maximum absolute atomic E-state index is 13.6. The number of fused-ring (bicyclic) bond motifs is 1. The van der Waals surface area contributed by atoms with Crippen LogP contribution < -0.4 is 4.90 Å². The molecule has 0 radical (unpaired) electrons.